The minimum Gasteiger partial charge on any atom is -0.384 e. The number of alkyl halides is 3. The van der Waals surface area contributed by atoms with E-state index in [-0.39, 0.29) is 17.8 Å². The summed E-state index contributed by atoms with van der Waals surface area (Å²) in [6.07, 6.45) is -4.26. The molecule has 90 valence electrons. The fourth-order valence-corrected chi connectivity index (χ4v) is 1.85. The Morgan fingerprint density at radius 1 is 1.25 bits per heavy atom. The first-order valence-corrected chi connectivity index (χ1v) is 4.76. The average molecular weight is 252 g/mol. The van der Waals surface area contributed by atoms with Gasteiger partial charge in [0, 0.05) is 17.6 Å². The van der Waals surface area contributed by atoms with Crippen LogP contribution in [-0.2, 0) is 11.6 Å². The minimum atomic E-state index is -4.26. The van der Waals surface area contributed by atoms with Crippen LogP contribution in [0, 0.1) is 0 Å². The predicted molar refractivity (Wildman–Crippen MR) is 60.2 cm³/mol. The Hall–Kier alpha value is -0.900. The Morgan fingerprint density at radius 2 is 1.88 bits per heavy atom. The van der Waals surface area contributed by atoms with Crippen LogP contribution in [0.5, 0.6) is 0 Å². The molecular formula is C11H13ClF3N. The van der Waals surface area contributed by atoms with Gasteiger partial charge in [0.2, 0.25) is 0 Å². The molecule has 0 saturated heterocycles. The summed E-state index contributed by atoms with van der Waals surface area (Å²) in [5.74, 6) is 0. The number of hydrogen-bond donors (Lipinski definition) is 1. The number of benzene rings is 1. The molecule has 0 atom stereocenters. The lowest BCUT2D eigenvalue weighted by atomic mass is 9.86. The van der Waals surface area contributed by atoms with E-state index in [9.17, 15) is 13.2 Å². The summed E-state index contributed by atoms with van der Waals surface area (Å²) >= 11 is 0. The molecule has 1 nitrogen and oxygen atoms in total. The van der Waals surface area contributed by atoms with Crippen molar-refractivity contribution in [3.8, 4) is 0 Å². The third kappa shape index (κ3) is 2.12. The van der Waals surface area contributed by atoms with Crippen molar-refractivity contribution in [1.29, 1.82) is 0 Å². The summed E-state index contributed by atoms with van der Waals surface area (Å²) < 4.78 is 37.5. The van der Waals surface area contributed by atoms with Gasteiger partial charge >= 0.3 is 6.18 Å². The first kappa shape index (κ1) is 13.2. The molecule has 1 aromatic carbocycles. The molecule has 0 unspecified atom stereocenters. The molecule has 16 heavy (non-hydrogen) atoms. The highest BCUT2D eigenvalue weighted by atomic mass is 35.5. The topological polar surface area (TPSA) is 12.0 Å². The monoisotopic (exact) mass is 251 g/mol. The van der Waals surface area contributed by atoms with E-state index in [1.807, 2.05) is 13.8 Å². The number of rotatable bonds is 0. The van der Waals surface area contributed by atoms with Crippen LogP contribution < -0.4 is 5.32 Å². The van der Waals surface area contributed by atoms with E-state index in [1.54, 1.807) is 0 Å². The van der Waals surface area contributed by atoms with Gasteiger partial charge in [0.05, 0.1) is 5.56 Å². The molecule has 0 bridgehead atoms. The summed E-state index contributed by atoms with van der Waals surface area (Å²) in [7, 11) is 0. The summed E-state index contributed by atoms with van der Waals surface area (Å²) in [4.78, 5) is 0. The van der Waals surface area contributed by atoms with Gasteiger partial charge in [-0.1, -0.05) is 13.8 Å². The maximum absolute atomic E-state index is 12.5. The van der Waals surface area contributed by atoms with Crippen molar-refractivity contribution < 1.29 is 13.2 Å². The van der Waals surface area contributed by atoms with Crippen LogP contribution >= 0.6 is 12.4 Å². The Kier molecular flexibility index (Phi) is 3.16. The first-order valence-electron chi connectivity index (χ1n) is 4.76. The molecule has 5 heteroatoms. The zero-order valence-corrected chi connectivity index (χ0v) is 9.80. The van der Waals surface area contributed by atoms with E-state index in [4.69, 9.17) is 0 Å². The van der Waals surface area contributed by atoms with E-state index < -0.39 is 11.7 Å². The quantitative estimate of drug-likeness (QED) is 0.739. The predicted octanol–water partition coefficient (Wildman–Crippen LogP) is 3.83. The summed E-state index contributed by atoms with van der Waals surface area (Å²) in [5.41, 5.74) is 0.764. The zero-order chi connectivity index (χ0) is 11.3. The van der Waals surface area contributed by atoms with Gasteiger partial charge in [-0.3, -0.25) is 0 Å². The number of halogens is 4. The molecule has 0 spiro atoms. The molecule has 0 aliphatic carbocycles. The average Bonchev–Trinajstić information content (AvgIpc) is 2.41. The van der Waals surface area contributed by atoms with E-state index >= 15 is 0 Å². The molecule has 0 amide bonds. The lowest BCUT2D eigenvalue weighted by Crippen LogP contribution is -2.19. The van der Waals surface area contributed by atoms with Gasteiger partial charge in [-0.2, -0.15) is 13.2 Å². The van der Waals surface area contributed by atoms with Crippen molar-refractivity contribution >= 4 is 18.1 Å². The van der Waals surface area contributed by atoms with Gasteiger partial charge in [0.25, 0.3) is 0 Å². The second kappa shape index (κ2) is 3.84. The van der Waals surface area contributed by atoms with Gasteiger partial charge in [-0.05, 0) is 23.8 Å². The van der Waals surface area contributed by atoms with Crippen molar-refractivity contribution in [2.45, 2.75) is 25.4 Å². The highest BCUT2D eigenvalue weighted by molar-refractivity contribution is 5.85. The van der Waals surface area contributed by atoms with E-state index in [0.29, 0.717) is 6.54 Å². The molecule has 0 radical (unpaired) electrons. The molecule has 1 aromatic rings. The van der Waals surface area contributed by atoms with Crippen molar-refractivity contribution in [3.05, 3.63) is 29.3 Å². The lowest BCUT2D eigenvalue weighted by molar-refractivity contribution is -0.137. The molecule has 0 saturated carbocycles. The van der Waals surface area contributed by atoms with E-state index in [0.717, 1.165) is 17.3 Å². The molecule has 0 fully saturated rings. The molecule has 1 aliphatic heterocycles. The maximum Gasteiger partial charge on any atom is 0.416 e. The smallest absolute Gasteiger partial charge is 0.384 e. The highest BCUT2D eigenvalue weighted by Crippen LogP contribution is 2.40. The van der Waals surface area contributed by atoms with Crippen molar-refractivity contribution in [1.82, 2.24) is 0 Å². The number of fused-ring (bicyclic) bond motifs is 1. The second-order valence-electron chi connectivity index (χ2n) is 4.50. The standard InChI is InChI=1S/C11H12F3N.ClH/c1-10(2)6-15-9-4-3-7(5-8(9)10)11(12,13)14;/h3-5,15H,6H2,1-2H3;1H. The van der Waals surface area contributed by atoms with Crippen LogP contribution in [0.1, 0.15) is 25.0 Å². The molecular weight excluding hydrogens is 239 g/mol. The highest BCUT2D eigenvalue weighted by Gasteiger charge is 2.35. The minimum absolute atomic E-state index is 0. The van der Waals surface area contributed by atoms with E-state index in [2.05, 4.69) is 5.32 Å². The Bertz CT molecular complexity index is 399. The van der Waals surface area contributed by atoms with Gasteiger partial charge in [0.1, 0.15) is 0 Å². The zero-order valence-electron chi connectivity index (χ0n) is 8.98. The van der Waals surface area contributed by atoms with Gasteiger partial charge in [-0.15, -0.1) is 12.4 Å². The molecule has 1 heterocycles. The number of anilines is 1. The molecule has 1 N–H and O–H groups in total. The first-order chi connectivity index (χ1) is 6.81. The summed E-state index contributed by atoms with van der Waals surface area (Å²) in [6, 6.07) is 3.87. The van der Waals surface area contributed by atoms with Crippen LogP contribution in [0.2, 0.25) is 0 Å². The van der Waals surface area contributed by atoms with Gasteiger partial charge in [-0.25, -0.2) is 0 Å². The fraction of sp³-hybridized carbons (Fsp3) is 0.455. The largest absolute Gasteiger partial charge is 0.416 e. The third-order valence-electron chi connectivity index (χ3n) is 2.80. The SMILES string of the molecule is CC1(C)CNc2ccc(C(F)(F)F)cc21.Cl. The normalized spacial score (nSPS) is 17.3. The molecule has 0 aromatic heterocycles. The Morgan fingerprint density at radius 3 is 2.44 bits per heavy atom. The van der Waals surface area contributed by atoms with Crippen molar-refractivity contribution in [3.63, 3.8) is 0 Å². The van der Waals surface area contributed by atoms with E-state index in [1.165, 1.54) is 12.1 Å². The van der Waals surface area contributed by atoms with Crippen LogP contribution in [0.3, 0.4) is 0 Å². The van der Waals surface area contributed by atoms with Crippen molar-refractivity contribution in [2.75, 3.05) is 11.9 Å². The third-order valence-corrected chi connectivity index (χ3v) is 2.80. The van der Waals surface area contributed by atoms with Gasteiger partial charge < -0.3 is 5.32 Å². The number of hydrogen-bond acceptors (Lipinski definition) is 1. The molecule has 2 rings (SSSR count). The van der Waals surface area contributed by atoms with Crippen LogP contribution in [0.4, 0.5) is 18.9 Å². The summed E-state index contributed by atoms with van der Waals surface area (Å²) in [6.45, 7) is 4.56. The Labute approximate surface area is 98.4 Å². The fourth-order valence-electron chi connectivity index (χ4n) is 1.85. The Balaban J connectivity index is 0.00000128. The van der Waals surface area contributed by atoms with Crippen LogP contribution in [0.25, 0.3) is 0 Å². The van der Waals surface area contributed by atoms with Crippen LogP contribution in [0.15, 0.2) is 18.2 Å². The molecule has 1 aliphatic rings. The second-order valence-corrected chi connectivity index (χ2v) is 4.50. The number of nitrogens with one attached hydrogen (secondary N) is 1. The summed E-state index contributed by atoms with van der Waals surface area (Å²) in [5, 5.41) is 3.10. The maximum atomic E-state index is 12.5. The van der Waals surface area contributed by atoms with Gasteiger partial charge in [0.15, 0.2) is 0 Å². The lowest BCUT2D eigenvalue weighted by Gasteiger charge is -2.18. The van der Waals surface area contributed by atoms with Crippen LogP contribution in [-0.4, -0.2) is 6.54 Å². The van der Waals surface area contributed by atoms with Crippen molar-refractivity contribution in [2.24, 2.45) is 0 Å².